The molecule has 0 saturated heterocycles. The molecule has 0 radical (unpaired) electrons. The van der Waals surface area contributed by atoms with Gasteiger partial charge < -0.3 is 10.0 Å². The van der Waals surface area contributed by atoms with Crippen LogP contribution in [0.1, 0.15) is 44.3 Å². The van der Waals surface area contributed by atoms with E-state index in [1.807, 2.05) is 38.1 Å². The molecule has 5 rings (SSSR count). The molecule has 0 unspecified atom stereocenters. The first kappa shape index (κ1) is 21.2. The zero-order chi connectivity index (χ0) is 23.3. The minimum Gasteiger partial charge on any atom is -0.507 e. The van der Waals surface area contributed by atoms with Crippen molar-refractivity contribution in [1.82, 2.24) is 15.1 Å². The van der Waals surface area contributed by atoms with E-state index in [-0.39, 0.29) is 23.9 Å². The molecule has 1 aromatic heterocycles. The van der Waals surface area contributed by atoms with Crippen molar-refractivity contribution in [3.8, 4) is 17.0 Å². The van der Waals surface area contributed by atoms with Crippen molar-refractivity contribution < 1.29 is 14.3 Å². The number of hydrogen-bond donors (Lipinski definition) is 2. The highest BCUT2D eigenvalue weighted by molar-refractivity contribution is 6.31. The molecule has 0 bridgehead atoms. The Morgan fingerprint density at radius 2 is 1.79 bits per heavy atom. The van der Waals surface area contributed by atoms with Crippen LogP contribution in [0.25, 0.3) is 11.3 Å². The summed E-state index contributed by atoms with van der Waals surface area (Å²) >= 11 is 6.38. The van der Waals surface area contributed by atoms with E-state index in [2.05, 4.69) is 10.2 Å². The smallest absolute Gasteiger partial charge is 0.273 e. The number of benzene rings is 3. The Labute approximate surface area is 195 Å². The molecule has 1 aliphatic rings. The van der Waals surface area contributed by atoms with Crippen LogP contribution in [0.15, 0.2) is 60.7 Å². The summed E-state index contributed by atoms with van der Waals surface area (Å²) in [5.41, 5.74) is 4.74. The van der Waals surface area contributed by atoms with Crippen molar-refractivity contribution in [1.29, 1.82) is 0 Å². The van der Waals surface area contributed by atoms with Crippen molar-refractivity contribution in [3.05, 3.63) is 105 Å². The Morgan fingerprint density at radius 1 is 1.09 bits per heavy atom. The maximum atomic E-state index is 15.0. The summed E-state index contributed by atoms with van der Waals surface area (Å²) in [6.45, 7) is 4.04. The van der Waals surface area contributed by atoms with Crippen LogP contribution in [0, 0.1) is 19.7 Å². The molecule has 0 fully saturated rings. The van der Waals surface area contributed by atoms with Gasteiger partial charge in [-0.15, -0.1) is 0 Å². The number of H-pyrrole nitrogens is 1. The van der Waals surface area contributed by atoms with Crippen LogP contribution in [0.5, 0.6) is 5.75 Å². The molecular weight excluding hydrogens is 441 g/mol. The number of amides is 1. The predicted molar refractivity (Wildman–Crippen MR) is 125 cm³/mol. The van der Waals surface area contributed by atoms with E-state index in [0.29, 0.717) is 27.4 Å². The molecule has 1 atom stereocenters. The van der Waals surface area contributed by atoms with E-state index in [0.717, 1.165) is 16.7 Å². The van der Waals surface area contributed by atoms with Crippen LogP contribution in [0.3, 0.4) is 0 Å². The third kappa shape index (κ3) is 3.47. The van der Waals surface area contributed by atoms with Gasteiger partial charge in [0.15, 0.2) is 0 Å². The van der Waals surface area contributed by atoms with Crippen molar-refractivity contribution >= 4 is 17.5 Å². The third-order valence-corrected chi connectivity index (χ3v) is 6.60. The molecule has 4 aromatic rings. The normalized spacial score (nSPS) is 15.2. The van der Waals surface area contributed by atoms with Gasteiger partial charge in [0.05, 0.1) is 6.04 Å². The maximum Gasteiger partial charge on any atom is 0.273 e. The van der Waals surface area contributed by atoms with Gasteiger partial charge in [0.2, 0.25) is 0 Å². The molecule has 1 aliphatic heterocycles. The molecule has 5 nitrogen and oxygen atoms in total. The van der Waals surface area contributed by atoms with Crippen LogP contribution in [-0.4, -0.2) is 26.1 Å². The molecule has 7 heteroatoms. The standard InChI is InChI=1S/C26H21ClFN3O2/c1-14-11-18(21(32)12-15(14)2)23-22-24(30-29-23)26(33)31(13-16-7-3-5-9-19(16)27)25(22)17-8-4-6-10-20(17)28/h3-12,25,32H,13H2,1-2H3,(H,29,30)/t25-/m0/s1. The lowest BCUT2D eigenvalue weighted by Crippen LogP contribution is -2.29. The monoisotopic (exact) mass is 461 g/mol. The van der Waals surface area contributed by atoms with Gasteiger partial charge in [0, 0.05) is 28.3 Å². The lowest BCUT2D eigenvalue weighted by atomic mass is 9.94. The number of phenolic OH excluding ortho intramolecular Hbond substituents is 1. The lowest BCUT2D eigenvalue weighted by Gasteiger charge is -2.27. The average molecular weight is 462 g/mol. The highest BCUT2D eigenvalue weighted by atomic mass is 35.5. The Kier molecular flexibility index (Phi) is 5.17. The minimum atomic E-state index is -0.736. The van der Waals surface area contributed by atoms with Crippen LogP contribution < -0.4 is 0 Å². The average Bonchev–Trinajstić information content (AvgIpc) is 3.32. The number of aromatic amines is 1. The fourth-order valence-electron chi connectivity index (χ4n) is 4.39. The van der Waals surface area contributed by atoms with Crippen LogP contribution >= 0.6 is 11.6 Å². The molecule has 33 heavy (non-hydrogen) atoms. The van der Waals surface area contributed by atoms with E-state index in [1.54, 1.807) is 35.2 Å². The van der Waals surface area contributed by atoms with Gasteiger partial charge in [-0.05, 0) is 54.8 Å². The molecule has 166 valence electrons. The number of aryl methyl sites for hydroxylation is 2. The molecular formula is C26H21ClFN3O2. The van der Waals surface area contributed by atoms with E-state index in [1.165, 1.54) is 6.07 Å². The zero-order valence-electron chi connectivity index (χ0n) is 18.1. The Hall–Kier alpha value is -3.64. The van der Waals surface area contributed by atoms with E-state index >= 15 is 4.39 Å². The SMILES string of the molecule is Cc1cc(O)c(-c2n[nH]c3c2[C@H](c2ccccc2F)N(Cc2ccccc2Cl)C3=O)cc1C. The Balaban J connectivity index is 1.71. The molecule has 1 amide bonds. The number of carbonyl (C=O) groups is 1. The quantitative estimate of drug-likeness (QED) is 0.395. The summed E-state index contributed by atoms with van der Waals surface area (Å²) in [4.78, 5) is 15.1. The van der Waals surface area contributed by atoms with Gasteiger partial charge in [-0.1, -0.05) is 48.0 Å². The fourth-order valence-corrected chi connectivity index (χ4v) is 4.58. The first-order valence-corrected chi connectivity index (χ1v) is 10.9. The zero-order valence-corrected chi connectivity index (χ0v) is 18.8. The van der Waals surface area contributed by atoms with Gasteiger partial charge in [0.25, 0.3) is 5.91 Å². The Morgan fingerprint density at radius 3 is 2.55 bits per heavy atom. The van der Waals surface area contributed by atoms with Gasteiger partial charge in [-0.3, -0.25) is 9.89 Å². The van der Waals surface area contributed by atoms with Gasteiger partial charge in [0.1, 0.15) is 23.0 Å². The van der Waals surface area contributed by atoms with E-state index < -0.39 is 11.9 Å². The number of carbonyl (C=O) groups excluding carboxylic acids is 1. The topological polar surface area (TPSA) is 69.2 Å². The summed E-state index contributed by atoms with van der Waals surface area (Å²) in [5.74, 6) is -0.680. The minimum absolute atomic E-state index is 0.0525. The predicted octanol–water partition coefficient (Wildman–Crippen LogP) is 5.94. The summed E-state index contributed by atoms with van der Waals surface area (Å²) in [6.07, 6.45) is 0. The third-order valence-electron chi connectivity index (χ3n) is 6.23. The number of halogens is 2. The number of nitrogens with zero attached hydrogens (tertiary/aromatic N) is 2. The summed E-state index contributed by atoms with van der Waals surface area (Å²) in [7, 11) is 0. The van der Waals surface area contributed by atoms with Crippen molar-refractivity contribution in [3.63, 3.8) is 0 Å². The lowest BCUT2D eigenvalue weighted by molar-refractivity contribution is 0.0728. The maximum absolute atomic E-state index is 15.0. The van der Waals surface area contributed by atoms with Crippen LogP contribution in [0.2, 0.25) is 5.02 Å². The number of rotatable bonds is 4. The van der Waals surface area contributed by atoms with Crippen molar-refractivity contribution in [2.45, 2.75) is 26.4 Å². The number of hydrogen-bond acceptors (Lipinski definition) is 3. The fraction of sp³-hybridized carbons (Fsp3) is 0.154. The van der Waals surface area contributed by atoms with Crippen molar-refractivity contribution in [2.75, 3.05) is 0 Å². The highest BCUT2D eigenvalue weighted by Gasteiger charge is 2.43. The number of aromatic nitrogens is 2. The van der Waals surface area contributed by atoms with E-state index in [9.17, 15) is 9.90 Å². The van der Waals surface area contributed by atoms with Gasteiger partial charge in [-0.2, -0.15) is 5.10 Å². The second kappa shape index (κ2) is 8.05. The summed E-state index contributed by atoms with van der Waals surface area (Å²) in [5, 5.41) is 18.4. The molecule has 0 spiro atoms. The number of nitrogens with one attached hydrogen (secondary N) is 1. The Bertz CT molecular complexity index is 1400. The summed E-state index contributed by atoms with van der Waals surface area (Å²) < 4.78 is 15.0. The highest BCUT2D eigenvalue weighted by Crippen LogP contribution is 2.46. The first-order valence-electron chi connectivity index (χ1n) is 10.5. The van der Waals surface area contributed by atoms with Gasteiger partial charge >= 0.3 is 0 Å². The molecule has 2 N–H and O–H groups in total. The molecule has 3 aromatic carbocycles. The van der Waals surface area contributed by atoms with Crippen molar-refractivity contribution in [2.24, 2.45) is 0 Å². The largest absolute Gasteiger partial charge is 0.507 e. The van der Waals surface area contributed by atoms with Crippen LogP contribution in [-0.2, 0) is 6.54 Å². The van der Waals surface area contributed by atoms with Crippen LogP contribution in [0.4, 0.5) is 4.39 Å². The van der Waals surface area contributed by atoms with E-state index in [4.69, 9.17) is 11.6 Å². The summed E-state index contributed by atoms with van der Waals surface area (Å²) in [6, 6.07) is 16.4. The number of aromatic hydroxyl groups is 1. The number of phenols is 1. The van der Waals surface area contributed by atoms with Gasteiger partial charge in [-0.25, -0.2) is 4.39 Å². The number of fused-ring (bicyclic) bond motifs is 1. The first-order chi connectivity index (χ1) is 15.9. The molecule has 0 saturated carbocycles. The second-order valence-electron chi connectivity index (χ2n) is 8.26. The molecule has 2 heterocycles. The second-order valence-corrected chi connectivity index (χ2v) is 8.67. The molecule has 0 aliphatic carbocycles.